The fourth-order valence-electron chi connectivity index (χ4n) is 1.74. The fraction of sp³-hybridized carbons (Fsp3) is 0.500. The normalized spacial score (nSPS) is 12.2. The van der Waals surface area contributed by atoms with Crippen molar-refractivity contribution in [3.63, 3.8) is 0 Å². The molecular weight excluding hydrogens is 399 g/mol. The Morgan fingerprint density at radius 1 is 1.41 bits per heavy atom. The van der Waals surface area contributed by atoms with Crippen molar-refractivity contribution in [2.45, 2.75) is 26.4 Å². The van der Waals surface area contributed by atoms with Crippen LogP contribution in [0.15, 0.2) is 29.3 Å². The van der Waals surface area contributed by atoms with Crippen LogP contribution in [0.2, 0.25) is 0 Å². The van der Waals surface area contributed by atoms with E-state index in [1.165, 1.54) is 12.1 Å². The molecule has 0 spiro atoms. The second kappa shape index (κ2) is 11.2. The molecule has 0 saturated carbocycles. The highest BCUT2D eigenvalue weighted by Crippen LogP contribution is 2.12. The largest absolute Gasteiger partial charge is 0.383 e. The minimum Gasteiger partial charge on any atom is -0.383 e. The van der Waals surface area contributed by atoms with Crippen molar-refractivity contribution in [3.05, 3.63) is 39.9 Å². The van der Waals surface area contributed by atoms with E-state index < -0.39 is 4.92 Å². The zero-order valence-corrected chi connectivity index (χ0v) is 15.4. The van der Waals surface area contributed by atoms with Gasteiger partial charge in [-0.25, -0.2) is 4.99 Å². The summed E-state index contributed by atoms with van der Waals surface area (Å²) in [4.78, 5) is 14.6. The molecule has 8 heteroatoms. The summed E-state index contributed by atoms with van der Waals surface area (Å²) in [5.41, 5.74) is 0.999. The van der Waals surface area contributed by atoms with E-state index in [2.05, 4.69) is 15.6 Å². The highest BCUT2D eigenvalue weighted by molar-refractivity contribution is 14.0. The third-order valence-electron chi connectivity index (χ3n) is 2.71. The first-order valence-electron chi connectivity index (χ1n) is 6.84. The molecule has 22 heavy (non-hydrogen) atoms. The fourth-order valence-corrected chi connectivity index (χ4v) is 1.74. The average molecular weight is 422 g/mol. The lowest BCUT2D eigenvalue weighted by Gasteiger charge is -2.16. The van der Waals surface area contributed by atoms with Crippen molar-refractivity contribution >= 4 is 35.6 Å². The van der Waals surface area contributed by atoms with Gasteiger partial charge in [-0.05, 0) is 19.4 Å². The Hall–Kier alpha value is -1.42. The number of nitrogens with zero attached hydrogens (tertiary/aromatic N) is 2. The summed E-state index contributed by atoms with van der Waals surface area (Å²) in [5, 5.41) is 17.0. The lowest BCUT2D eigenvalue weighted by molar-refractivity contribution is -0.384. The summed E-state index contributed by atoms with van der Waals surface area (Å²) in [5.74, 6) is 0.695. The standard InChI is InChI=1S/C14H22N4O3.HI/c1-4-15-14(17-11(2)10-21-3)16-9-12-5-7-13(8-6-12)18(19)20;/h5-8,11H,4,9-10H2,1-3H3,(H2,15,16,17);1H. The second-order valence-corrected chi connectivity index (χ2v) is 4.62. The number of non-ortho nitro benzene ring substituents is 1. The van der Waals surface area contributed by atoms with E-state index in [0.717, 1.165) is 12.1 Å². The Kier molecular flexibility index (Phi) is 10.5. The van der Waals surface area contributed by atoms with E-state index in [4.69, 9.17) is 4.74 Å². The number of nitro benzene ring substituents is 1. The molecule has 0 aliphatic carbocycles. The number of benzene rings is 1. The molecule has 0 fully saturated rings. The highest BCUT2D eigenvalue weighted by Gasteiger charge is 2.06. The molecule has 2 N–H and O–H groups in total. The van der Waals surface area contributed by atoms with E-state index in [-0.39, 0.29) is 35.7 Å². The number of methoxy groups -OCH3 is 1. The van der Waals surface area contributed by atoms with Crippen LogP contribution in [0, 0.1) is 10.1 Å². The number of hydrogen-bond acceptors (Lipinski definition) is 4. The van der Waals surface area contributed by atoms with Crippen molar-refractivity contribution in [3.8, 4) is 0 Å². The van der Waals surface area contributed by atoms with Gasteiger partial charge in [0.05, 0.1) is 18.1 Å². The summed E-state index contributed by atoms with van der Waals surface area (Å²) in [6.45, 7) is 5.78. The zero-order chi connectivity index (χ0) is 15.7. The van der Waals surface area contributed by atoms with Crippen LogP contribution in [0.3, 0.4) is 0 Å². The molecule has 0 amide bonds. The molecule has 1 aromatic carbocycles. The molecule has 0 aromatic heterocycles. The summed E-state index contributed by atoms with van der Waals surface area (Å²) in [7, 11) is 1.65. The van der Waals surface area contributed by atoms with Gasteiger partial charge in [0.1, 0.15) is 0 Å². The minimum atomic E-state index is -0.412. The summed E-state index contributed by atoms with van der Waals surface area (Å²) in [6, 6.07) is 6.54. The van der Waals surface area contributed by atoms with Gasteiger partial charge in [-0.2, -0.15) is 0 Å². The quantitative estimate of drug-likeness (QED) is 0.232. The topological polar surface area (TPSA) is 88.8 Å². The maximum Gasteiger partial charge on any atom is 0.269 e. The van der Waals surface area contributed by atoms with Crippen LogP contribution in [0.5, 0.6) is 0 Å². The first-order chi connectivity index (χ1) is 10.1. The molecule has 1 rings (SSSR count). The Morgan fingerprint density at radius 2 is 2.05 bits per heavy atom. The molecule has 7 nitrogen and oxygen atoms in total. The molecule has 1 aromatic rings. The highest BCUT2D eigenvalue weighted by atomic mass is 127. The predicted molar refractivity (Wildman–Crippen MR) is 97.8 cm³/mol. The Labute approximate surface area is 147 Å². The van der Waals surface area contributed by atoms with Crippen LogP contribution in [0.25, 0.3) is 0 Å². The Balaban J connectivity index is 0.00000441. The van der Waals surface area contributed by atoms with Gasteiger partial charge in [0.25, 0.3) is 5.69 Å². The molecule has 0 aliphatic heterocycles. The van der Waals surface area contributed by atoms with Crippen molar-refractivity contribution in [1.29, 1.82) is 0 Å². The van der Waals surface area contributed by atoms with Gasteiger partial charge < -0.3 is 15.4 Å². The number of halogens is 1. The molecule has 0 bridgehead atoms. The Morgan fingerprint density at radius 3 is 2.55 bits per heavy atom. The molecule has 0 aliphatic rings. The number of nitrogens with one attached hydrogen (secondary N) is 2. The molecule has 0 saturated heterocycles. The summed E-state index contributed by atoms with van der Waals surface area (Å²) in [6.07, 6.45) is 0. The van der Waals surface area contributed by atoms with E-state index in [0.29, 0.717) is 19.1 Å². The summed E-state index contributed by atoms with van der Waals surface area (Å²) < 4.78 is 5.07. The third-order valence-corrected chi connectivity index (χ3v) is 2.71. The smallest absolute Gasteiger partial charge is 0.269 e. The van der Waals surface area contributed by atoms with Gasteiger partial charge in [-0.15, -0.1) is 24.0 Å². The van der Waals surface area contributed by atoms with Crippen LogP contribution < -0.4 is 10.6 Å². The van der Waals surface area contributed by atoms with E-state index in [1.807, 2.05) is 13.8 Å². The van der Waals surface area contributed by atoms with Crippen molar-refractivity contribution < 1.29 is 9.66 Å². The Bertz CT molecular complexity index is 479. The number of hydrogen-bond donors (Lipinski definition) is 2. The van der Waals surface area contributed by atoms with Crippen molar-refractivity contribution in [1.82, 2.24) is 10.6 Å². The summed E-state index contributed by atoms with van der Waals surface area (Å²) >= 11 is 0. The molecule has 1 atom stereocenters. The number of aliphatic imine (C=N–C) groups is 1. The van der Waals surface area contributed by atoms with Crippen LogP contribution in [0.1, 0.15) is 19.4 Å². The van der Waals surface area contributed by atoms with Crippen LogP contribution in [-0.2, 0) is 11.3 Å². The molecule has 124 valence electrons. The first kappa shape index (κ1) is 20.6. The van der Waals surface area contributed by atoms with Gasteiger partial charge in [0, 0.05) is 31.8 Å². The minimum absolute atomic E-state index is 0. The monoisotopic (exact) mass is 422 g/mol. The maximum atomic E-state index is 10.6. The van der Waals surface area contributed by atoms with E-state index >= 15 is 0 Å². The predicted octanol–water partition coefficient (Wildman–Crippen LogP) is 2.30. The van der Waals surface area contributed by atoms with Gasteiger partial charge in [-0.1, -0.05) is 12.1 Å². The van der Waals surface area contributed by atoms with Crippen LogP contribution in [-0.4, -0.2) is 37.2 Å². The van der Waals surface area contributed by atoms with Gasteiger partial charge >= 0.3 is 0 Å². The number of ether oxygens (including phenoxy) is 1. The van der Waals surface area contributed by atoms with Crippen LogP contribution in [0.4, 0.5) is 5.69 Å². The van der Waals surface area contributed by atoms with Crippen molar-refractivity contribution in [2.24, 2.45) is 4.99 Å². The SMILES string of the molecule is CCNC(=NCc1ccc([N+](=O)[O-])cc1)NC(C)COC.I. The van der Waals surface area contributed by atoms with E-state index in [9.17, 15) is 10.1 Å². The number of rotatable bonds is 7. The third kappa shape index (κ3) is 7.55. The first-order valence-corrected chi connectivity index (χ1v) is 6.84. The van der Waals surface area contributed by atoms with Gasteiger partial charge in [0.15, 0.2) is 5.96 Å². The number of guanidine groups is 1. The molecule has 0 radical (unpaired) electrons. The molecule has 1 unspecified atom stereocenters. The molecular formula is C14H23IN4O3. The van der Waals surface area contributed by atoms with Gasteiger partial charge in [0.2, 0.25) is 0 Å². The number of nitro groups is 1. The lowest BCUT2D eigenvalue weighted by atomic mass is 10.2. The zero-order valence-electron chi connectivity index (χ0n) is 13.0. The van der Waals surface area contributed by atoms with Gasteiger partial charge in [-0.3, -0.25) is 10.1 Å². The van der Waals surface area contributed by atoms with Crippen molar-refractivity contribution in [2.75, 3.05) is 20.3 Å². The lowest BCUT2D eigenvalue weighted by Crippen LogP contribution is -2.43. The van der Waals surface area contributed by atoms with Crippen LogP contribution >= 0.6 is 24.0 Å². The average Bonchev–Trinajstić information content (AvgIpc) is 2.45. The maximum absolute atomic E-state index is 10.6. The second-order valence-electron chi connectivity index (χ2n) is 4.62. The molecule has 0 heterocycles. The van der Waals surface area contributed by atoms with E-state index in [1.54, 1.807) is 19.2 Å².